The first-order valence-corrected chi connectivity index (χ1v) is 26.2. The number of alkyl halides is 6. The molecule has 80 heavy (non-hydrogen) atoms. The Labute approximate surface area is 453 Å². The van der Waals surface area contributed by atoms with Crippen molar-refractivity contribution < 1.29 is 62.2 Å². The van der Waals surface area contributed by atoms with Crippen LogP contribution in [0.2, 0.25) is 0 Å². The molecule has 0 fully saturated rings. The number of primary sulfonamides is 2. The second kappa shape index (κ2) is 25.0. The van der Waals surface area contributed by atoms with E-state index in [1.807, 2.05) is 0 Å². The summed E-state index contributed by atoms with van der Waals surface area (Å²) in [6, 6.07) is 39.3. The van der Waals surface area contributed by atoms with Gasteiger partial charge in [0.1, 0.15) is 23.1 Å². The molecule has 0 saturated carbocycles. The van der Waals surface area contributed by atoms with Gasteiger partial charge in [-0.3, -0.25) is 9.59 Å². The van der Waals surface area contributed by atoms with Gasteiger partial charge in [0.05, 0.1) is 22.6 Å². The molecular formula is C52H46F6N12O8S2. The molecule has 2 amide bonds. The molecule has 0 unspecified atom stereocenters. The summed E-state index contributed by atoms with van der Waals surface area (Å²) in [5.74, 6) is 0.116. The van der Waals surface area contributed by atoms with Gasteiger partial charge in [0, 0.05) is 60.6 Å². The largest absolute Gasteiger partial charge is 0.573 e. The Bertz CT molecular complexity index is 3440. The number of ether oxygens (including phenoxy) is 2. The fourth-order valence-electron chi connectivity index (χ4n) is 7.15. The molecule has 0 spiro atoms. The number of carbonyl (C=O) groups is 2. The Morgan fingerprint density at radius 3 is 1.18 bits per heavy atom. The monoisotopic (exact) mass is 1140 g/mol. The van der Waals surface area contributed by atoms with Crippen molar-refractivity contribution in [3.63, 3.8) is 0 Å². The number of benzene rings is 6. The number of aromatic nitrogens is 4. The Morgan fingerprint density at radius 2 is 0.850 bits per heavy atom. The highest BCUT2D eigenvalue weighted by Gasteiger charge is 2.32. The normalized spacial score (nSPS) is 11.5. The van der Waals surface area contributed by atoms with Crippen LogP contribution in [0.5, 0.6) is 11.5 Å². The molecule has 6 aromatic carbocycles. The number of amides is 2. The van der Waals surface area contributed by atoms with E-state index in [1.165, 1.54) is 48.5 Å². The first-order chi connectivity index (χ1) is 37.7. The third-order valence-corrected chi connectivity index (χ3v) is 12.7. The number of anilines is 10. The van der Waals surface area contributed by atoms with Gasteiger partial charge in [-0.25, -0.2) is 37.1 Å². The Hall–Kier alpha value is -9.38. The van der Waals surface area contributed by atoms with E-state index in [-0.39, 0.29) is 57.8 Å². The first kappa shape index (κ1) is 58.3. The van der Waals surface area contributed by atoms with Crippen molar-refractivity contribution in [2.45, 2.75) is 35.4 Å². The van der Waals surface area contributed by atoms with Crippen molar-refractivity contribution in [2.75, 3.05) is 45.2 Å². The molecule has 2 aromatic heterocycles. The van der Waals surface area contributed by atoms with Gasteiger partial charge in [0.15, 0.2) is 0 Å². The van der Waals surface area contributed by atoms with Crippen molar-refractivity contribution in [2.24, 2.45) is 10.3 Å². The van der Waals surface area contributed by atoms with Gasteiger partial charge in [-0.15, -0.1) is 26.3 Å². The average Bonchev–Trinajstić information content (AvgIpc) is 3.42. The summed E-state index contributed by atoms with van der Waals surface area (Å²) in [6.07, 6.45) is -6.39. The summed E-state index contributed by atoms with van der Waals surface area (Å²) in [5.41, 5.74) is 4.52. The van der Waals surface area contributed by atoms with E-state index < -0.39 is 32.8 Å². The van der Waals surface area contributed by atoms with E-state index in [2.05, 4.69) is 50.7 Å². The highest BCUT2D eigenvalue weighted by Crippen LogP contribution is 2.29. The minimum atomic E-state index is -4.79. The van der Waals surface area contributed by atoms with Crippen LogP contribution >= 0.6 is 0 Å². The molecular weight excluding hydrogens is 1100 g/mol. The van der Waals surface area contributed by atoms with Crippen LogP contribution in [0.4, 0.5) is 84.0 Å². The van der Waals surface area contributed by atoms with Crippen LogP contribution in [0.1, 0.15) is 11.1 Å². The molecule has 0 atom stereocenters. The fourth-order valence-corrected chi connectivity index (χ4v) is 8.27. The lowest BCUT2D eigenvalue weighted by atomic mass is 10.1. The van der Waals surface area contributed by atoms with Gasteiger partial charge >= 0.3 is 12.7 Å². The minimum Gasteiger partial charge on any atom is -0.406 e. The maximum Gasteiger partial charge on any atom is 0.573 e. The Morgan fingerprint density at radius 1 is 0.500 bits per heavy atom. The van der Waals surface area contributed by atoms with Gasteiger partial charge in [0.2, 0.25) is 43.8 Å². The van der Waals surface area contributed by atoms with Crippen LogP contribution in [-0.4, -0.2) is 75.4 Å². The summed E-state index contributed by atoms with van der Waals surface area (Å²) in [5, 5.41) is 21.6. The number of hydrogen-bond donors (Lipinski definition) is 6. The van der Waals surface area contributed by atoms with Gasteiger partial charge in [-0.05, 0) is 132 Å². The molecule has 8 aromatic rings. The maximum absolute atomic E-state index is 12.4. The quantitative estimate of drug-likeness (QED) is 0.0436. The third-order valence-electron chi connectivity index (χ3n) is 10.9. The summed E-state index contributed by atoms with van der Waals surface area (Å²) in [4.78, 5) is 45.6. The molecule has 0 aliphatic rings. The van der Waals surface area contributed by atoms with E-state index >= 15 is 0 Å². The lowest BCUT2D eigenvalue weighted by molar-refractivity contribution is -0.275. The standard InChI is InChI=1S/2C26H23F3N6O4S/c2*1-35(23-13-14-31-25(34-23)33-19-3-2-4-22(16-19)40(30,37)38)20-9-5-17(6-10-20)15-24(36)32-18-7-11-21(12-8-18)39-26(27,28)29/h2*2-14,16H,15H2,1H3,(H,32,36)(H2,30,37,38)(H,31,33,34). The molecule has 28 heteroatoms. The number of carbonyl (C=O) groups excluding carboxylic acids is 2. The molecule has 0 aliphatic heterocycles. The van der Waals surface area contributed by atoms with Crippen LogP contribution in [0, 0.1) is 0 Å². The zero-order valence-electron chi connectivity index (χ0n) is 41.8. The number of hydrogen-bond acceptors (Lipinski definition) is 16. The number of rotatable bonds is 18. The van der Waals surface area contributed by atoms with E-state index in [0.717, 1.165) is 35.6 Å². The highest BCUT2D eigenvalue weighted by atomic mass is 32.2. The average molecular weight is 1150 g/mol. The van der Waals surface area contributed by atoms with Gasteiger partial charge < -0.3 is 40.5 Å². The molecule has 0 radical (unpaired) electrons. The predicted octanol–water partition coefficient (Wildman–Crippen LogP) is 9.43. The lowest BCUT2D eigenvalue weighted by Gasteiger charge is -2.19. The second-order valence-electron chi connectivity index (χ2n) is 16.9. The number of sulfonamides is 2. The lowest BCUT2D eigenvalue weighted by Crippen LogP contribution is -2.17. The van der Waals surface area contributed by atoms with E-state index in [9.17, 15) is 52.8 Å². The van der Waals surface area contributed by atoms with Crippen LogP contribution in [0.3, 0.4) is 0 Å². The molecule has 0 bridgehead atoms. The molecule has 8 N–H and O–H groups in total. The second-order valence-corrected chi connectivity index (χ2v) is 20.0. The van der Waals surface area contributed by atoms with Crippen molar-refractivity contribution in [1.82, 2.24) is 19.9 Å². The van der Waals surface area contributed by atoms with Crippen molar-refractivity contribution in [3.8, 4) is 11.5 Å². The maximum atomic E-state index is 12.4. The van der Waals surface area contributed by atoms with Crippen molar-refractivity contribution in [3.05, 3.63) is 181 Å². The Balaban J connectivity index is 0.000000231. The highest BCUT2D eigenvalue weighted by molar-refractivity contribution is 7.89. The molecule has 0 saturated heterocycles. The predicted molar refractivity (Wildman–Crippen MR) is 286 cm³/mol. The summed E-state index contributed by atoms with van der Waals surface area (Å²) in [7, 11) is -4.14. The minimum absolute atomic E-state index is 0.0456. The van der Waals surface area contributed by atoms with Crippen molar-refractivity contribution >= 4 is 89.5 Å². The zero-order chi connectivity index (χ0) is 57.8. The van der Waals surface area contributed by atoms with E-state index in [1.54, 1.807) is 121 Å². The van der Waals surface area contributed by atoms with Gasteiger partial charge in [-0.1, -0.05) is 36.4 Å². The molecule has 416 valence electrons. The number of nitrogens with one attached hydrogen (secondary N) is 4. The van der Waals surface area contributed by atoms with Gasteiger partial charge in [-0.2, -0.15) is 9.97 Å². The SMILES string of the molecule is CN(c1ccc(CC(=O)Nc2ccc(OC(F)(F)F)cc2)cc1)c1ccnc(Nc2cccc(S(N)(=O)=O)c2)n1.CN(c1ccc(CC(=O)Nc2ccc(OC(F)(F)F)cc2)cc1)c1ccnc(Nc2cccc(S(N)(=O)=O)c2)n1. The topological polar surface area (TPSA) is 279 Å². The molecule has 0 aliphatic carbocycles. The molecule has 8 rings (SSSR count). The van der Waals surface area contributed by atoms with Crippen LogP contribution in [0.15, 0.2) is 180 Å². The van der Waals surface area contributed by atoms with E-state index in [0.29, 0.717) is 45.5 Å². The van der Waals surface area contributed by atoms with E-state index in [4.69, 9.17) is 10.3 Å². The number of halogens is 6. The third kappa shape index (κ3) is 17.8. The molecule has 20 nitrogen and oxygen atoms in total. The van der Waals surface area contributed by atoms with Crippen LogP contribution in [0.25, 0.3) is 0 Å². The van der Waals surface area contributed by atoms with Gasteiger partial charge in [0.25, 0.3) is 0 Å². The summed E-state index contributed by atoms with van der Waals surface area (Å²) < 4.78 is 128. The number of nitrogens with two attached hydrogens (primary N) is 2. The molecule has 2 heterocycles. The Kier molecular flexibility index (Phi) is 18.2. The van der Waals surface area contributed by atoms with Crippen LogP contribution < -0.4 is 50.8 Å². The van der Waals surface area contributed by atoms with Crippen LogP contribution in [-0.2, 0) is 42.5 Å². The fraction of sp³-hybridized carbons (Fsp3) is 0.115. The van der Waals surface area contributed by atoms with Crippen molar-refractivity contribution in [1.29, 1.82) is 0 Å². The number of nitrogens with zero attached hydrogens (tertiary/aromatic N) is 6. The summed E-state index contributed by atoms with van der Waals surface area (Å²) in [6.45, 7) is 0. The first-order valence-electron chi connectivity index (χ1n) is 23.1. The zero-order valence-corrected chi connectivity index (χ0v) is 43.4. The summed E-state index contributed by atoms with van der Waals surface area (Å²) >= 11 is 0. The smallest absolute Gasteiger partial charge is 0.406 e.